The highest BCUT2D eigenvalue weighted by atomic mass is 19.2. The minimum absolute atomic E-state index is 0.0340. The van der Waals surface area contributed by atoms with Gasteiger partial charge < -0.3 is 14.8 Å². The molecule has 1 heterocycles. The van der Waals surface area contributed by atoms with Crippen molar-refractivity contribution in [3.8, 4) is 5.75 Å². The van der Waals surface area contributed by atoms with E-state index in [1.165, 1.54) is 13.2 Å². The van der Waals surface area contributed by atoms with Crippen LogP contribution in [0.1, 0.15) is 5.56 Å². The molecule has 94 valence electrons. The Kier molecular flexibility index (Phi) is 3.31. The van der Waals surface area contributed by atoms with Gasteiger partial charge in [-0.05, 0) is 6.07 Å². The Morgan fingerprint density at radius 1 is 1.29 bits per heavy atom. The van der Waals surface area contributed by atoms with E-state index in [0.717, 1.165) is 6.07 Å². The molecule has 0 aliphatic carbocycles. The molecule has 1 aliphatic heterocycles. The molecule has 3 nitrogen and oxygen atoms in total. The predicted octanol–water partition coefficient (Wildman–Crippen LogP) is 1.50. The number of hydrogen-bond donors (Lipinski definition) is 1. The maximum absolute atomic E-state index is 13.5. The summed E-state index contributed by atoms with van der Waals surface area (Å²) in [6.45, 7) is 1.40. The number of benzene rings is 1. The first-order valence-electron chi connectivity index (χ1n) is 5.38. The topological polar surface area (TPSA) is 30.5 Å². The summed E-state index contributed by atoms with van der Waals surface area (Å²) < 4.78 is 36.9. The van der Waals surface area contributed by atoms with E-state index in [1.54, 1.807) is 7.11 Å². The van der Waals surface area contributed by atoms with Crippen molar-refractivity contribution in [1.82, 2.24) is 5.32 Å². The van der Waals surface area contributed by atoms with Crippen molar-refractivity contribution >= 4 is 0 Å². The van der Waals surface area contributed by atoms with E-state index in [2.05, 4.69) is 5.32 Å². The van der Waals surface area contributed by atoms with Gasteiger partial charge >= 0.3 is 0 Å². The first-order valence-corrected chi connectivity index (χ1v) is 5.38. The van der Waals surface area contributed by atoms with Gasteiger partial charge in [-0.3, -0.25) is 0 Å². The second kappa shape index (κ2) is 4.58. The van der Waals surface area contributed by atoms with Crippen LogP contribution in [-0.4, -0.2) is 32.9 Å². The molecule has 2 rings (SSSR count). The number of methoxy groups -OCH3 is 2. The third-order valence-electron chi connectivity index (χ3n) is 3.18. The van der Waals surface area contributed by atoms with Crippen molar-refractivity contribution in [3.05, 3.63) is 29.3 Å². The molecule has 0 atom stereocenters. The Balaban J connectivity index is 2.29. The lowest BCUT2D eigenvalue weighted by atomic mass is 9.88. The maximum atomic E-state index is 13.5. The van der Waals surface area contributed by atoms with Gasteiger partial charge in [0.2, 0.25) is 5.82 Å². The molecule has 1 aromatic carbocycles. The van der Waals surface area contributed by atoms with Crippen LogP contribution in [0.2, 0.25) is 0 Å². The summed E-state index contributed by atoms with van der Waals surface area (Å²) in [6, 6.07) is 2.65. The summed E-state index contributed by atoms with van der Waals surface area (Å²) in [7, 11) is 2.95. The molecule has 1 aliphatic rings. The average molecular weight is 243 g/mol. The fraction of sp³-hybridized carbons (Fsp3) is 0.500. The Bertz CT molecular complexity index is 414. The lowest BCUT2D eigenvalue weighted by Gasteiger charge is -2.41. The van der Waals surface area contributed by atoms with Gasteiger partial charge in [-0.1, -0.05) is 6.07 Å². The van der Waals surface area contributed by atoms with E-state index in [-0.39, 0.29) is 11.4 Å². The number of hydrogen-bond acceptors (Lipinski definition) is 3. The van der Waals surface area contributed by atoms with E-state index in [4.69, 9.17) is 9.47 Å². The molecule has 0 aromatic heterocycles. The summed E-state index contributed by atoms with van der Waals surface area (Å²) in [6.07, 6.45) is 0.497. The zero-order valence-corrected chi connectivity index (χ0v) is 9.85. The SMILES string of the molecule is COc1c(CC2(OC)CNC2)ccc(F)c1F. The summed E-state index contributed by atoms with van der Waals surface area (Å²) in [5, 5.41) is 3.10. The maximum Gasteiger partial charge on any atom is 0.200 e. The number of halogens is 2. The van der Waals surface area contributed by atoms with E-state index in [0.29, 0.717) is 25.1 Å². The van der Waals surface area contributed by atoms with Crippen molar-refractivity contribution in [2.24, 2.45) is 0 Å². The van der Waals surface area contributed by atoms with Crippen LogP contribution in [0.4, 0.5) is 8.78 Å². The standard InChI is InChI=1S/C12H15F2NO2/c1-16-11-8(3-4-9(13)10(11)14)5-12(17-2)6-15-7-12/h3-4,15H,5-7H2,1-2H3. The first kappa shape index (κ1) is 12.3. The van der Waals surface area contributed by atoms with Crippen LogP contribution in [0.15, 0.2) is 12.1 Å². The molecule has 0 saturated carbocycles. The molecular weight excluding hydrogens is 228 g/mol. The van der Waals surface area contributed by atoms with Gasteiger partial charge in [-0.15, -0.1) is 0 Å². The quantitative estimate of drug-likeness (QED) is 0.869. The third kappa shape index (κ3) is 2.12. The van der Waals surface area contributed by atoms with Crippen LogP contribution in [0.5, 0.6) is 5.75 Å². The smallest absolute Gasteiger partial charge is 0.200 e. The monoisotopic (exact) mass is 243 g/mol. The highest BCUT2D eigenvalue weighted by Gasteiger charge is 2.38. The highest BCUT2D eigenvalue weighted by molar-refractivity contribution is 5.37. The lowest BCUT2D eigenvalue weighted by Crippen LogP contribution is -2.61. The number of rotatable bonds is 4. The molecule has 0 bridgehead atoms. The molecule has 0 spiro atoms. The second-order valence-electron chi connectivity index (χ2n) is 4.22. The fourth-order valence-corrected chi connectivity index (χ4v) is 2.02. The molecule has 0 unspecified atom stereocenters. The Labute approximate surface area is 98.7 Å². The molecule has 0 amide bonds. The number of nitrogens with one attached hydrogen (secondary N) is 1. The van der Waals surface area contributed by atoms with Gasteiger partial charge in [0.05, 0.1) is 12.7 Å². The van der Waals surface area contributed by atoms with Gasteiger partial charge in [0.25, 0.3) is 0 Å². The molecule has 1 saturated heterocycles. The Morgan fingerprint density at radius 2 is 2.00 bits per heavy atom. The van der Waals surface area contributed by atoms with Crippen LogP contribution in [-0.2, 0) is 11.2 Å². The van der Waals surface area contributed by atoms with E-state index in [1.807, 2.05) is 0 Å². The van der Waals surface area contributed by atoms with Crippen LogP contribution >= 0.6 is 0 Å². The van der Waals surface area contributed by atoms with Crippen molar-refractivity contribution in [1.29, 1.82) is 0 Å². The minimum Gasteiger partial charge on any atom is -0.493 e. The fourth-order valence-electron chi connectivity index (χ4n) is 2.02. The zero-order valence-electron chi connectivity index (χ0n) is 9.85. The van der Waals surface area contributed by atoms with Gasteiger partial charge in [-0.25, -0.2) is 4.39 Å². The average Bonchev–Trinajstić information content (AvgIpc) is 2.28. The van der Waals surface area contributed by atoms with Gasteiger partial charge in [-0.2, -0.15) is 4.39 Å². The van der Waals surface area contributed by atoms with E-state index >= 15 is 0 Å². The van der Waals surface area contributed by atoms with Crippen LogP contribution < -0.4 is 10.1 Å². The number of ether oxygens (including phenoxy) is 2. The van der Waals surface area contributed by atoms with E-state index < -0.39 is 11.6 Å². The Hall–Kier alpha value is -1.20. The van der Waals surface area contributed by atoms with Crippen molar-refractivity contribution in [2.45, 2.75) is 12.0 Å². The summed E-state index contributed by atoms with van der Waals surface area (Å²) in [5.41, 5.74) is 0.284. The van der Waals surface area contributed by atoms with Crippen molar-refractivity contribution in [2.75, 3.05) is 27.3 Å². The molecule has 1 aromatic rings. The van der Waals surface area contributed by atoms with Crippen LogP contribution in [0.3, 0.4) is 0 Å². The van der Waals surface area contributed by atoms with Crippen LogP contribution in [0, 0.1) is 11.6 Å². The Morgan fingerprint density at radius 3 is 2.47 bits per heavy atom. The summed E-state index contributed by atoms with van der Waals surface area (Å²) >= 11 is 0. The lowest BCUT2D eigenvalue weighted by molar-refractivity contribution is -0.0505. The molecule has 5 heteroatoms. The molecular formula is C12H15F2NO2. The third-order valence-corrected chi connectivity index (χ3v) is 3.18. The zero-order chi connectivity index (χ0) is 12.5. The second-order valence-corrected chi connectivity index (χ2v) is 4.22. The van der Waals surface area contributed by atoms with Gasteiger partial charge in [0.1, 0.15) is 0 Å². The normalized spacial score (nSPS) is 17.6. The van der Waals surface area contributed by atoms with Gasteiger partial charge in [0, 0.05) is 32.2 Å². The van der Waals surface area contributed by atoms with Crippen molar-refractivity contribution in [3.63, 3.8) is 0 Å². The minimum atomic E-state index is -0.941. The van der Waals surface area contributed by atoms with Gasteiger partial charge in [0.15, 0.2) is 11.6 Å². The van der Waals surface area contributed by atoms with Crippen molar-refractivity contribution < 1.29 is 18.3 Å². The molecule has 1 N–H and O–H groups in total. The summed E-state index contributed by atoms with van der Waals surface area (Å²) in [5.74, 6) is -1.87. The molecule has 17 heavy (non-hydrogen) atoms. The summed E-state index contributed by atoms with van der Waals surface area (Å²) in [4.78, 5) is 0. The highest BCUT2D eigenvalue weighted by Crippen LogP contribution is 2.30. The molecule has 0 radical (unpaired) electrons. The largest absolute Gasteiger partial charge is 0.493 e. The molecule has 1 fully saturated rings. The van der Waals surface area contributed by atoms with E-state index in [9.17, 15) is 8.78 Å². The van der Waals surface area contributed by atoms with Crippen LogP contribution in [0.25, 0.3) is 0 Å². The predicted molar refractivity (Wildman–Crippen MR) is 59.2 cm³/mol. The first-order chi connectivity index (χ1) is 8.12.